The van der Waals surface area contributed by atoms with Gasteiger partial charge in [-0.25, -0.2) is 0 Å². The number of H-pyrrole nitrogens is 1. The average Bonchev–Trinajstić information content (AvgIpc) is 3.15. The zero-order chi connectivity index (χ0) is 17.6. The number of methoxy groups -OCH3 is 1. The van der Waals surface area contributed by atoms with Gasteiger partial charge in [-0.3, -0.25) is 9.89 Å². The molecular weight excluding hydrogens is 340 g/mol. The van der Waals surface area contributed by atoms with Crippen molar-refractivity contribution in [1.82, 2.24) is 15.1 Å². The Bertz CT molecular complexity index is 705. The molecule has 1 unspecified atom stereocenters. The third-order valence-electron chi connectivity index (χ3n) is 4.56. The quantitative estimate of drug-likeness (QED) is 0.827. The second-order valence-electron chi connectivity index (χ2n) is 6.29. The van der Waals surface area contributed by atoms with Gasteiger partial charge in [0.2, 0.25) is 5.91 Å². The number of nitrogens with one attached hydrogen (secondary N) is 2. The Morgan fingerprint density at radius 2 is 2.36 bits per heavy atom. The normalized spacial score (nSPS) is 18.1. The van der Waals surface area contributed by atoms with E-state index in [9.17, 15) is 4.79 Å². The molecule has 2 aromatic rings. The van der Waals surface area contributed by atoms with E-state index in [1.165, 1.54) is 5.69 Å². The Morgan fingerprint density at radius 3 is 3.12 bits per heavy atom. The fraction of sp³-hybridized carbons (Fsp3) is 0.444. The minimum atomic E-state index is -0.0377. The summed E-state index contributed by atoms with van der Waals surface area (Å²) < 4.78 is 5.26. The van der Waals surface area contributed by atoms with E-state index in [1.807, 2.05) is 6.07 Å². The van der Waals surface area contributed by atoms with Crippen LogP contribution < -0.4 is 10.1 Å². The van der Waals surface area contributed by atoms with Crippen LogP contribution in [-0.4, -0.2) is 47.7 Å². The zero-order valence-electron chi connectivity index (χ0n) is 14.3. The van der Waals surface area contributed by atoms with Gasteiger partial charge in [-0.15, -0.1) is 0 Å². The smallest absolute Gasteiger partial charge is 0.225 e. The number of likely N-dealkylation sites (tertiary alicyclic amines) is 1. The Hall–Kier alpha value is -2.05. The number of carbonyl (C=O) groups is 1. The summed E-state index contributed by atoms with van der Waals surface area (Å²) in [5, 5.41) is 10.6. The number of halogens is 1. The van der Waals surface area contributed by atoms with Gasteiger partial charge in [-0.05, 0) is 43.7 Å². The third kappa shape index (κ3) is 4.74. The summed E-state index contributed by atoms with van der Waals surface area (Å²) in [7, 11) is 1.57. The predicted molar refractivity (Wildman–Crippen MR) is 98.3 cm³/mol. The van der Waals surface area contributed by atoms with Gasteiger partial charge >= 0.3 is 0 Å². The standard InChI is InChI=1S/C18H23ClN4O2/c1-25-17-5-4-14(19)11-16(17)21-18(24)7-10-23-9-2-3-13(12-23)15-6-8-20-22-15/h4-6,8,11,13H,2-3,7,9-10,12H2,1H3,(H,20,22)(H,21,24). The number of piperidine rings is 1. The monoisotopic (exact) mass is 362 g/mol. The lowest BCUT2D eigenvalue weighted by atomic mass is 9.95. The molecule has 1 aliphatic heterocycles. The number of aromatic nitrogens is 2. The van der Waals surface area contributed by atoms with Gasteiger partial charge in [-0.1, -0.05) is 11.6 Å². The maximum atomic E-state index is 12.3. The van der Waals surface area contributed by atoms with Crippen molar-refractivity contribution >= 4 is 23.2 Å². The molecule has 0 spiro atoms. The molecule has 134 valence electrons. The lowest BCUT2D eigenvalue weighted by Gasteiger charge is -2.32. The molecule has 1 aliphatic rings. The fourth-order valence-corrected chi connectivity index (χ4v) is 3.43. The maximum Gasteiger partial charge on any atom is 0.225 e. The van der Waals surface area contributed by atoms with Crippen LogP contribution in [0, 0.1) is 0 Å². The first-order valence-electron chi connectivity index (χ1n) is 8.50. The zero-order valence-corrected chi connectivity index (χ0v) is 15.1. The highest BCUT2D eigenvalue weighted by Gasteiger charge is 2.22. The fourth-order valence-electron chi connectivity index (χ4n) is 3.26. The molecule has 1 aromatic carbocycles. The number of benzene rings is 1. The maximum absolute atomic E-state index is 12.3. The SMILES string of the molecule is COc1ccc(Cl)cc1NC(=O)CCN1CCCC(c2ccn[nH]2)C1. The number of carbonyl (C=O) groups excluding carboxylic acids is 1. The van der Waals surface area contributed by atoms with Crippen molar-refractivity contribution in [2.45, 2.75) is 25.2 Å². The van der Waals surface area contributed by atoms with Crippen LogP contribution in [0.3, 0.4) is 0 Å². The van der Waals surface area contributed by atoms with Gasteiger partial charge in [0.15, 0.2) is 0 Å². The molecule has 3 rings (SSSR count). The molecule has 0 saturated carbocycles. The van der Waals surface area contributed by atoms with Crippen molar-refractivity contribution in [1.29, 1.82) is 0 Å². The van der Waals surface area contributed by atoms with Gasteiger partial charge < -0.3 is 15.0 Å². The Morgan fingerprint density at radius 1 is 1.48 bits per heavy atom. The number of anilines is 1. The van der Waals surface area contributed by atoms with E-state index in [0.29, 0.717) is 28.8 Å². The molecule has 25 heavy (non-hydrogen) atoms. The minimum Gasteiger partial charge on any atom is -0.495 e. The molecule has 1 fully saturated rings. The number of aromatic amines is 1. The van der Waals surface area contributed by atoms with E-state index in [0.717, 1.165) is 32.5 Å². The van der Waals surface area contributed by atoms with Crippen molar-refractivity contribution in [3.63, 3.8) is 0 Å². The molecule has 7 heteroatoms. The number of rotatable bonds is 6. The van der Waals surface area contributed by atoms with Crippen LogP contribution in [0.15, 0.2) is 30.5 Å². The van der Waals surface area contributed by atoms with Crippen LogP contribution in [0.1, 0.15) is 30.9 Å². The van der Waals surface area contributed by atoms with Crippen LogP contribution in [0.5, 0.6) is 5.75 Å². The number of hydrogen-bond donors (Lipinski definition) is 2. The van der Waals surface area contributed by atoms with Crippen LogP contribution in [0.25, 0.3) is 0 Å². The molecule has 2 heterocycles. The van der Waals surface area contributed by atoms with E-state index in [4.69, 9.17) is 16.3 Å². The summed E-state index contributed by atoms with van der Waals surface area (Å²) in [5.74, 6) is 1.03. The molecule has 2 N–H and O–H groups in total. The van der Waals surface area contributed by atoms with Gasteiger partial charge in [0.1, 0.15) is 5.75 Å². The molecular formula is C18H23ClN4O2. The van der Waals surface area contributed by atoms with Crippen LogP contribution in [-0.2, 0) is 4.79 Å². The minimum absolute atomic E-state index is 0.0377. The Labute approximate surface area is 152 Å². The van der Waals surface area contributed by atoms with Crippen LogP contribution in [0.2, 0.25) is 5.02 Å². The molecule has 1 aromatic heterocycles. The van der Waals surface area contributed by atoms with E-state index in [1.54, 1.807) is 31.5 Å². The first-order chi connectivity index (χ1) is 12.2. The van der Waals surface area contributed by atoms with Gasteiger partial charge in [0.25, 0.3) is 0 Å². The lowest BCUT2D eigenvalue weighted by Crippen LogP contribution is -2.36. The van der Waals surface area contributed by atoms with Crippen molar-refractivity contribution < 1.29 is 9.53 Å². The molecule has 1 saturated heterocycles. The summed E-state index contributed by atoms with van der Waals surface area (Å²) >= 11 is 6.00. The van der Waals surface area contributed by atoms with Crippen molar-refractivity contribution in [2.24, 2.45) is 0 Å². The average molecular weight is 363 g/mol. The summed E-state index contributed by atoms with van der Waals surface area (Å²) in [6.07, 6.45) is 4.52. The number of amides is 1. The number of hydrogen-bond acceptors (Lipinski definition) is 4. The summed E-state index contributed by atoms with van der Waals surface area (Å²) in [6, 6.07) is 7.22. The van der Waals surface area contributed by atoms with Gasteiger partial charge in [0, 0.05) is 42.3 Å². The predicted octanol–water partition coefficient (Wildman–Crippen LogP) is 3.28. The highest BCUT2D eigenvalue weighted by molar-refractivity contribution is 6.31. The summed E-state index contributed by atoms with van der Waals surface area (Å²) in [5.41, 5.74) is 1.78. The summed E-state index contributed by atoms with van der Waals surface area (Å²) in [4.78, 5) is 14.6. The van der Waals surface area contributed by atoms with E-state index < -0.39 is 0 Å². The molecule has 0 bridgehead atoms. The molecule has 0 radical (unpaired) electrons. The molecule has 0 aliphatic carbocycles. The van der Waals surface area contributed by atoms with E-state index >= 15 is 0 Å². The van der Waals surface area contributed by atoms with Crippen molar-refractivity contribution in [2.75, 3.05) is 32.1 Å². The first-order valence-corrected chi connectivity index (χ1v) is 8.88. The Balaban J connectivity index is 1.51. The number of nitrogens with zero attached hydrogens (tertiary/aromatic N) is 2. The number of ether oxygens (including phenoxy) is 1. The largest absolute Gasteiger partial charge is 0.495 e. The van der Waals surface area contributed by atoms with Gasteiger partial charge in [-0.2, -0.15) is 5.10 Å². The van der Waals surface area contributed by atoms with Crippen molar-refractivity contribution in [3.8, 4) is 5.75 Å². The molecule has 1 amide bonds. The second kappa shape index (κ2) is 8.36. The van der Waals surface area contributed by atoms with Crippen molar-refractivity contribution in [3.05, 3.63) is 41.2 Å². The third-order valence-corrected chi connectivity index (χ3v) is 4.79. The van der Waals surface area contributed by atoms with Gasteiger partial charge in [0.05, 0.1) is 12.8 Å². The highest BCUT2D eigenvalue weighted by Crippen LogP contribution is 2.28. The first kappa shape index (κ1) is 17.8. The Kier molecular flexibility index (Phi) is 5.94. The lowest BCUT2D eigenvalue weighted by molar-refractivity contribution is -0.116. The molecule has 1 atom stereocenters. The van der Waals surface area contributed by atoms with E-state index in [2.05, 4.69) is 20.4 Å². The van der Waals surface area contributed by atoms with Crippen LogP contribution >= 0.6 is 11.6 Å². The summed E-state index contributed by atoms with van der Waals surface area (Å²) in [6.45, 7) is 2.72. The highest BCUT2D eigenvalue weighted by atomic mass is 35.5. The second-order valence-corrected chi connectivity index (χ2v) is 6.73. The molecule has 6 nitrogen and oxygen atoms in total. The topological polar surface area (TPSA) is 70.2 Å². The van der Waals surface area contributed by atoms with Crippen LogP contribution in [0.4, 0.5) is 5.69 Å². The van der Waals surface area contributed by atoms with E-state index in [-0.39, 0.29) is 5.91 Å².